The van der Waals surface area contributed by atoms with Gasteiger partial charge >= 0.3 is 6.36 Å². The molecule has 0 N–H and O–H groups in total. The molecule has 190 valence electrons. The zero-order valence-corrected chi connectivity index (χ0v) is 19.8. The molecule has 4 rings (SSSR count). The number of rotatable bonds is 7. The molecule has 2 aromatic carbocycles. The van der Waals surface area contributed by atoms with Gasteiger partial charge in [-0.05, 0) is 66.3 Å². The SMILES string of the molecule is CCCC1CCC(CCC2=CCc3c(ccc(-c4cc(F)c(OC(F)(F)F)c(F)c4)c3F)C2)CC1. The van der Waals surface area contributed by atoms with Crippen LogP contribution in [0.3, 0.4) is 0 Å². The van der Waals surface area contributed by atoms with Crippen LogP contribution in [0.1, 0.15) is 69.4 Å². The van der Waals surface area contributed by atoms with Crippen molar-refractivity contribution in [1.82, 2.24) is 0 Å². The molecule has 7 heteroatoms. The Morgan fingerprint density at radius 1 is 0.914 bits per heavy atom. The van der Waals surface area contributed by atoms with Crippen LogP contribution in [-0.2, 0) is 12.8 Å². The Labute approximate surface area is 202 Å². The average molecular weight is 497 g/mol. The second-order valence-corrected chi connectivity index (χ2v) is 9.84. The van der Waals surface area contributed by atoms with Crippen LogP contribution >= 0.6 is 0 Å². The third kappa shape index (κ3) is 6.22. The Balaban J connectivity index is 1.43. The highest BCUT2D eigenvalue weighted by Crippen LogP contribution is 2.38. The molecule has 35 heavy (non-hydrogen) atoms. The van der Waals surface area contributed by atoms with Crippen molar-refractivity contribution in [3.05, 3.63) is 64.5 Å². The largest absolute Gasteiger partial charge is 0.573 e. The van der Waals surface area contributed by atoms with Crippen LogP contribution in [-0.4, -0.2) is 6.36 Å². The highest BCUT2D eigenvalue weighted by molar-refractivity contribution is 5.67. The van der Waals surface area contributed by atoms with E-state index < -0.39 is 29.6 Å². The minimum atomic E-state index is -5.24. The van der Waals surface area contributed by atoms with Crippen molar-refractivity contribution in [3.63, 3.8) is 0 Å². The van der Waals surface area contributed by atoms with E-state index in [0.29, 0.717) is 30.5 Å². The molecule has 2 aliphatic rings. The number of fused-ring (bicyclic) bond motifs is 1. The topological polar surface area (TPSA) is 9.23 Å². The third-order valence-corrected chi connectivity index (χ3v) is 7.42. The van der Waals surface area contributed by atoms with Crippen molar-refractivity contribution in [2.75, 3.05) is 0 Å². The van der Waals surface area contributed by atoms with Crippen molar-refractivity contribution in [2.24, 2.45) is 11.8 Å². The normalized spacial score (nSPS) is 20.4. The van der Waals surface area contributed by atoms with Crippen LogP contribution in [0.2, 0.25) is 0 Å². The predicted octanol–water partition coefficient (Wildman–Crippen LogP) is 9.08. The molecule has 1 fully saturated rings. The second kappa shape index (κ2) is 10.7. The lowest BCUT2D eigenvalue weighted by Crippen LogP contribution is -2.19. The second-order valence-electron chi connectivity index (χ2n) is 9.84. The molecule has 0 heterocycles. The van der Waals surface area contributed by atoms with Gasteiger partial charge in [-0.25, -0.2) is 13.2 Å². The molecule has 0 aliphatic heterocycles. The molecule has 0 unspecified atom stereocenters. The van der Waals surface area contributed by atoms with E-state index in [1.54, 1.807) is 6.07 Å². The molecule has 2 aromatic rings. The van der Waals surface area contributed by atoms with E-state index in [0.717, 1.165) is 30.2 Å². The summed E-state index contributed by atoms with van der Waals surface area (Å²) in [4.78, 5) is 0. The predicted molar refractivity (Wildman–Crippen MR) is 124 cm³/mol. The van der Waals surface area contributed by atoms with Gasteiger partial charge in [-0.1, -0.05) is 69.2 Å². The Kier molecular flexibility index (Phi) is 7.82. The van der Waals surface area contributed by atoms with Crippen molar-refractivity contribution < 1.29 is 31.1 Å². The monoisotopic (exact) mass is 496 g/mol. The maximum Gasteiger partial charge on any atom is 0.573 e. The van der Waals surface area contributed by atoms with E-state index in [1.165, 1.54) is 50.2 Å². The number of alkyl halides is 3. The van der Waals surface area contributed by atoms with E-state index in [4.69, 9.17) is 0 Å². The molecular weight excluding hydrogens is 466 g/mol. The van der Waals surface area contributed by atoms with Crippen molar-refractivity contribution >= 4 is 0 Å². The third-order valence-electron chi connectivity index (χ3n) is 7.42. The van der Waals surface area contributed by atoms with Gasteiger partial charge in [-0.2, -0.15) is 0 Å². The first-order chi connectivity index (χ1) is 16.6. The zero-order valence-electron chi connectivity index (χ0n) is 19.8. The summed E-state index contributed by atoms with van der Waals surface area (Å²) in [6.45, 7) is 2.24. The first-order valence-corrected chi connectivity index (χ1v) is 12.4. The molecule has 1 nitrogen and oxygen atoms in total. The molecule has 0 radical (unpaired) electrons. The van der Waals surface area contributed by atoms with Crippen LogP contribution in [0, 0.1) is 29.3 Å². The fourth-order valence-electron chi connectivity index (χ4n) is 5.56. The molecule has 0 aromatic heterocycles. The fourth-order valence-corrected chi connectivity index (χ4v) is 5.56. The zero-order chi connectivity index (χ0) is 25.2. The lowest BCUT2D eigenvalue weighted by Gasteiger charge is -2.29. The Morgan fingerprint density at radius 3 is 2.14 bits per heavy atom. The van der Waals surface area contributed by atoms with Crippen molar-refractivity contribution in [1.29, 1.82) is 0 Å². The van der Waals surface area contributed by atoms with Crippen LogP contribution in [0.4, 0.5) is 26.3 Å². The minimum Gasteiger partial charge on any atom is -0.399 e. The average Bonchev–Trinajstić information content (AvgIpc) is 2.81. The van der Waals surface area contributed by atoms with Gasteiger partial charge in [0.2, 0.25) is 5.75 Å². The molecule has 0 bridgehead atoms. The minimum absolute atomic E-state index is 0.0548. The smallest absolute Gasteiger partial charge is 0.399 e. The lowest BCUT2D eigenvalue weighted by molar-refractivity contribution is -0.276. The maximum atomic E-state index is 15.3. The van der Waals surface area contributed by atoms with Gasteiger partial charge in [-0.15, -0.1) is 13.2 Å². The summed E-state index contributed by atoms with van der Waals surface area (Å²) >= 11 is 0. The molecule has 0 spiro atoms. The first kappa shape index (κ1) is 25.6. The van der Waals surface area contributed by atoms with Crippen LogP contribution < -0.4 is 4.74 Å². The number of allylic oxidation sites excluding steroid dienone is 2. The van der Waals surface area contributed by atoms with Crippen LogP contribution in [0.25, 0.3) is 11.1 Å². The molecule has 0 saturated heterocycles. The number of hydrogen-bond acceptors (Lipinski definition) is 1. The van der Waals surface area contributed by atoms with Gasteiger partial charge in [0.05, 0.1) is 0 Å². The highest BCUT2D eigenvalue weighted by atomic mass is 19.4. The number of benzene rings is 2. The van der Waals surface area contributed by atoms with E-state index in [-0.39, 0.29) is 11.1 Å². The Hall–Kier alpha value is -2.44. The van der Waals surface area contributed by atoms with Crippen LogP contribution in [0.5, 0.6) is 5.75 Å². The van der Waals surface area contributed by atoms with Crippen LogP contribution in [0.15, 0.2) is 35.9 Å². The standard InChI is InChI=1S/C28H30F6O/c1-2-3-17-4-6-18(7-5-17)8-9-19-10-12-22-20(14-19)11-13-23(26(22)31)21-15-24(29)27(25(30)16-21)35-28(32,33)34/h10-11,13,15-18H,2-9,12,14H2,1H3. The van der Waals surface area contributed by atoms with Crippen molar-refractivity contribution in [2.45, 2.75) is 77.5 Å². The van der Waals surface area contributed by atoms with Gasteiger partial charge in [0, 0.05) is 5.56 Å². The summed E-state index contributed by atoms with van der Waals surface area (Å²) < 4.78 is 84.2. The Morgan fingerprint density at radius 2 is 1.54 bits per heavy atom. The molecule has 1 saturated carbocycles. The van der Waals surface area contributed by atoms with E-state index >= 15 is 4.39 Å². The van der Waals surface area contributed by atoms with Gasteiger partial charge in [-0.3, -0.25) is 0 Å². The maximum absolute atomic E-state index is 15.3. The van der Waals surface area contributed by atoms with Gasteiger partial charge < -0.3 is 4.74 Å². The number of halogens is 6. The van der Waals surface area contributed by atoms with Gasteiger partial charge in [0.15, 0.2) is 11.6 Å². The molecule has 2 aliphatic carbocycles. The van der Waals surface area contributed by atoms with E-state index in [2.05, 4.69) is 11.7 Å². The number of hydrogen-bond donors (Lipinski definition) is 0. The molecule has 0 atom stereocenters. The number of ether oxygens (including phenoxy) is 1. The van der Waals surface area contributed by atoms with E-state index in [1.807, 2.05) is 6.08 Å². The summed E-state index contributed by atoms with van der Waals surface area (Å²) in [6, 6.07) is 4.50. The lowest BCUT2D eigenvalue weighted by atomic mass is 9.77. The summed E-state index contributed by atoms with van der Waals surface area (Å²) in [5.41, 5.74) is 2.35. The molecule has 0 amide bonds. The first-order valence-electron chi connectivity index (χ1n) is 12.4. The molecular formula is C28H30F6O. The van der Waals surface area contributed by atoms with E-state index in [9.17, 15) is 22.0 Å². The summed E-state index contributed by atoms with van der Waals surface area (Å²) in [5.74, 6) is -3.61. The van der Waals surface area contributed by atoms with Crippen molar-refractivity contribution in [3.8, 4) is 16.9 Å². The summed E-state index contributed by atoms with van der Waals surface area (Å²) in [6.07, 6.45) is 7.74. The summed E-state index contributed by atoms with van der Waals surface area (Å²) in [7, 11) is 0. The fraction of sp³-hybridized carbons (Fsp3) is 0.500. The summed E-state index contributed by atoms with van der Waals surface area (Å²) in [5, 5.41) is 0. The van der Waals surface area contributed by atoms with Gasteiger partial charge in [0.1, 0.15) is 5.82 Å². The Bertz CT molecular complexity index is 1060. The van der Waals surface area contributed by atoms with Gasteiger partial charge in [0.25, 0.3) is 0 Å². The highest BCUT2D eigenvalue weighted by Gasteiger charge is 2.34. The quantitative estimate of drug-likeness (QED) is 0.274.